The first-order valence-electron chi connectivity index (χ1n) is 6.71. The van der Waals surface area contributed by atoms with Crippen molar-refractivity contribution < 1.29 is 4.74 Å². The minimum absolute atomic E-state index is 0.554. The van der Waals surface area contributed by atoms with Gasteiger partial charge in [-0.05, 0) is 30.2 Å². The highest BCUT2D eigenvalue weighted by molar-refractivity contribution is 5.84. The lowest BCUT2D eigenvalue weighted by atomic mass is 10.1. The first kappa shape index (κ1) is 12.4. The second-order valence-electron chi connectivity index (χ2n) is 4.95. The van der Waals surface area contributed by atoms with Crippen LogP contribution in [-0.2, 0) is 11.3 Å². The molecule has 0 aliphatic carbocycles. The summed E-state index contributed by atoms with van der Waals surface area (Å²) in [6, 6.07) is 8.44. The van der Waals surface area contributed by atoms with Crippen LogP contribution in [0.4, 0.5) is 5.82 Å². The van der Waals surface area contributed by atoms with Gasteiger partial charge in [0.25, 0.3) is 0 Å². The lowest BCUT2D eigenvalue weighted by molar-refractivity contribution is 0.122. The van der Waals surface area contributed by atoms with Crippen LogP contribution < -0.4 is 10.6 Å². The quantitative estimate of drug-likeness (QED) is 0.892. The van der Waals surface area contributed by atoms with Gasteiger partial charge in [0.15, 0.2) is 0 Å². The summed E-state index contributed by atoms with van der Waals surface area (Å²) in [5, 5.41) is 1.20. The third kappa shape index (κ3) is 2.41. The predicted molar refractivity (Wildman–Crippen MR) is 77.4 cm³/mol. The molecule has 4 heteroatoms. The Morgan fingerprint density at radius 2 is 2.05 bits per heavy atom. The largest absolute Gasteiger partial charge is 0.378 e. The zero-order valence-electron chi connectivity index (χ0n) is 11.2. The smallest absolute Gasteiger partial charge is 0.129 e. The number of ether oxygens (including phenoxy) is 1. The zero-order valence-corrected chi connectivity index (χ0v) is 11.2. The van der Waals surface area contributed by atoms with Crippen LogP contribution in [0, 0.1) is 6.92 Å². The van der Waals surface area contributed by atoms with Gasteiger partial charge in [-0.1, -0.05) is 12.1 Å². The SMILES string of the molecule is Cc1cc(N2CCOCC2)nc2cc(CN)ccc12. The number of morpholine rings is 1. The Bertz CT molecular complexity index is 591. The summed E-state index contributed by atoms with van der Waals surface area (Å²) >= 11 is 0. The molecule has 1 fully saturated rings. The maximum Gasteiger partial charge on any atom is 0.129 e. The topological polar surface area (TPSA) is 51.4 Å². The Kier molecular flexibility index (Phi) is 3.36. The average molecular weight is 257 g/mol. The van der Waals surface area contributed by atoms with E-state index in [1.165, 1.54) is 10.9 Å². The molecule has 3 rings (SSSR count). The van der Waals surface area contributed by atoms with Crippen LogP contribution in [0.15, 0.2) is 24.3 Å². The first-order valence-corrected chi connectivity index (χ1v) is 6.71. The summed E-state index contributed by atoms with van der Waals surface area (Å²) < 4.78 is 5.39. The summed E-state index contributed by atoms with van der Waals surface area (Å²) in [6.07, 6.45) is 0. The fourth-order valence-corrected chi connectivity index (χ4v) is 2.51. The fourth-order valence-electron chi connectivity index (χ4n) is 2.51. The van der Waals surface area contributed by atoms with Crippen molar-refractivity contribution >= 4 is 16.7 Å². The summed E-state index contributed by atoms with van der Waals surface area (Å²) in [5.74, 6) is 1.04. The fraction of sp³-hybridized carbons (Fsp3) is 0.400. The number of benzene rings is 1. The van der Waals surface area contributed by atoms with E-state index >= 15 is 0 Å². The van der Waals surface area contributed by atoms with E-state index in [2.05, 4.69) is 36.1 Å². The van der Waals surface area contributed by atoms with E-state index in [0.29, 0.717) is 6.54 Å². The molecule has 0 amide bonds. The van der Waals surface area contributed by atoms with Gasteiger partial charge in [0.1, 0.15) is 5.82 Å². The van der Waals surface area contributed by atoms with E-state index in [0.717, 1.165) is 43.2 Å². The molecule has 2 heterocycles. The molecule has 19 heavy (non-hydrogen) atoms. The summed E-state index contributed by atoms with van der Waals surface area (Å²) in [6.45, 7) is 6.07. The molecule has 0 radical (unpaired) electrons. The van der Waals surface area contributed by atoms with Gasteiger partial charge in [0.05, 0.1) is 18.7 Å². The van der Waals surface area contributed by atoms with E-state index in [9.17, 15) is 0 Å². The third-order valence-corrected chi connectivity index (χ3v) is 3.64. The number of aromatic nitrogens is 1. The lowest BCUT2D eigenvalue weighted by Crippen LogP contribution is -2.36. The Morgan fingerprint density at radius 3 is 2.79 bits per heavy atom. The molecule has 1 aliphatic heterocycles. The molecule has 1 saturated heterocycles. The highest BCUT2D eigenvalue weighted by Crippen LogP contribution is 2.24. The lowest BCUT2D eigenvalue weighted by Gasteiger charge is -2.28. The van der Waals surface area contributed by atoms with Crippen molar-refractivity contribution in [2.45, 2.75) is 13.5 Å². The van der Waals surface area contributed by atoms with E-state index in [4.69, 9.17) is 15.5 Å². The number of anilines is 1. The van der Waals surface area contributed by atoms with Gasteiger partial charge in [0.2, 0.25) is 0 Å². The Labute approximate surface area is 113 Å². The number of nitrogens with zero attached hydrogens (tertiary/aromatic N) is 2. The molecule has 4 nitrogen and oxygen atoms in total. The normalized spacial score (nSPS) is 16.0. The van der Waals surface area contributed by atoms with Gasteiger partial charge in [-0.2, -0.15) is 0 Å². The van der Waals surface area contributed by atoms with Crippen molar-refractivity contribution in [3.8, 4) is 0 Å². The molecular formula is C15H19N3O. The summed E-state index contributed by atoms with van der Waals surface area (Å²) in [4.78, 5) is 7.07. The van der Waals surface area contributed by atoms with Crippen LogP contribution >= 0.6 is 0 Å². The van der Waals surface area contributed by atoms with Crippen molar-refractivity contribution in [3.63, 3.8) is 0 Å². The third-order valence-electron chi connectivity index (χ3n) is 3.64. The summed E-state index contributed by atoms with van der Waals surface area (Å²) in [5.41, 5.74) is 9.12. The molecule has 2 N–H and O–H groups in total. The van der Waals surface area contributed by atoms with E-state index in [1.807, 2.05) is 0 Å². The van der Waals surface area contributed by atoms with Crippen LogP contribution in [0.2, 0.25) is 0 Å². The predicted octanol–water partition coefficient (Wildman–Crippen LogP) is 1.84. The molecule has 100 valence electrons. The first-order chi connectivity index (χ1) is 9.28. The second kappa shape index (κ2) is 5.15. The monoisotopic (exact) mass is 257 g/mol. The molecule has 1 aromatic carbocycles. The number of rotatable bonds is 2. The van der Waals surface area contributed by atoms with Crippen LogP contribution in [0.3, 0.4) is 0 Å². The standard InChI is InChI=1S/C15H19N3O/c1-11-8-15(18-4-6-19-7-5-18)17-14-9-12(10-16)2-3-13(11)14/h2-3,8-9H,4-7,10,16H2,1H3. The Balaban J connectivity index is 2.05. The summed E-state index contributed by atoms with van der Waals surface area (Å²) in [7, 11) is 0. The van der Waals surface area contributed by atoms with Gasteiger partial charge in [-0.3, -0.25) is 0 Å². The number of fused-ring (bicyclic) bond motifs is 1. The van der Waals surface area contributed by atoms with E-state index in [1.54, 1.807) is 0 Å². The van der Waals surface area contributed by atoms with Crippen molar-refractivity contribution in [3.05, 3.63) is 35.4 Å². The molecule has 0 atom stereocenters. The maximum atomic E-state index is 5.71. The molecular weight excluding hydrogens is 238 g/mol. The highest BCUT2D eigenvalue weighted by atomic mass is 16.5. The van der Waals surface area contributed by atoms with Crippen molar-refractivity contribution in [2.24, 2.45) is 5.73 Å². The van der Waals surface area contributed by atoms with Crippen LogP contribution in [-0.4, -0.2) is 31.3 Å². The Morgan fingerprint density at radius 1 is 1.26 bits per heavy atom. The average Bonchev–Trinajstić information content (AvgIpc) is 2.47. The van der Waals surface area contributed by atoms with Gasteiger partial charge in [0, 0.05) is 25.0 Å². The molecule has 1 aliphatic rings. The van der Waals surface area contributed by atoms with Crippen molar-refractivity contribution in [1.29, 1.82) is 0 Å². The second-order valence-corrected chi connectivity index (χ2v) is 4.95. The van der Waals surface area contributed by atoms with Gasteiger partial charge < -0.3 is 15.4 Å². The van der Waals surface area contributed by atoms with Gasteiger partial charge in [-0.15, -0.1) is 0 Å². The number of pyridine rings is 1. The molecule has 0 bridgehead atoms. The zero-order chi connectivity index (χ0) is 13.2. The number of aryl methyl sites for hydroxylation is 1. The molecule has 1 aromatic heterocycles. The number of hydrogen-bond acceptors (Lipinski definition) is 4. The Hall–Kier alpha value is -1.65. The minimum atomic E-state index is 0.554. The van der Waals surface area contributed by atoms with E-state index in [-0.39, 0.29) is 0 Å². The van der Waals surface area contributed by atoms with Crippen molar-refractivity contribution in [2.75, 3.05) is 31.2 Å². The van der Waals surface area contributed by atoms with Gasteiger partial charge >= 0.3 is 0 Å². The minimum Gasteiger partial charge on any atom is -0.378 e. The van der Waals surface area contributed by atoms with Crippen molar-refractivity contribution in [1.82, 2.24) is 4.98 Å². The maximum absolute atomic E-state index is 5.71. The van der Waals surface area contributed by atoms with E-state index < -0.39 is 0 Å². The number of hydrogen-bond donors (Lipinski definition) is 1. The highest BCUT2D eigenvalue weighted by Gasteiger charge is 2.14. The molecule has 2 aromatic rings. The van der Waals surface area contributed by atoms with Gasteiger partial charge in [-0.25, -0.2) is 4.98 Å². The van der Waals surface area contributed by atoms with Crippen LogP contribution in [0.5, 0.6) is 0 Å². The molecule has 0 unspecified atom stereocenters. The molecule has 0 saturated carbocycles. The van der Waals surface area contributed by atoms with Crippen LogP contribution in [0.25, 0.3) is 10.9 Å². The molecule has 0 spiro atoms. The number of nitrogens with two attached hydrogens (primary N) is 1. The van der Waals surface area contributed by atoms with Crippen LogP contribution in [0.1, 0.15) is 11.1 Å².